The monoisotopic (exact) mass is 395 g/mol. The molecule has 0 saturated carbocycles. The van der Waals surface area contributed by atoms with Gasteiger partial charge in [0.2, 0.25) is 0 Å². The summed E-state index contributed by atoms with van der Waals surface area (Å²) in [7, 11) is 0. The van der Waals surface area contributed by atoms with E-state index in [2.05, 4.69) is 21.0 Å². The summed E-state index contributed by atoms with van der Waals surface area (Å²) in [5.74, 6) is 0.446. The number of carbonyl (C=O) groups is 1. The number of anilines is 1. The van der Waals surface area contributed by atoms with Crippen molar-refractivity contribution in [1.82, 2.24) is 19.5 Å². The van der Waals surface area contributed by atoms with E-state index >= 15 is 0 Å². The Labute approximate surface area is 167 Å². The summed E-state index contributed by atoms with van der Waals surface area (Å²) in [6.45, 7) is 4.44. The topological polar surface area (TPSA) is 63.0 Å². The van der Waals surface area contributed by atoms with Gasteiger partial charge in [-0.3, -0.25) is 4.79 Å². The number of pyridine rings is 1. The molecule has 2 aliphatic heterocycles. The number of carbonyl (C=O) groups excluding carboxylic acids is 1. The number of ether oxygens (including phenoxy) is 1. The van der Waals surface area contributed by atoms with Gasteiger partial charge in [0, 0.05) is 37.7 Å². The summed E-state index contributed by atoms with van der Waals surface area (Å²) in [4.78, 5) is 21.4. The van der Waals surface area contributed by atoms with Crippen molar-refractivity contribution in [3.05, 3.63) is 59.8 Å². The summed E-state index contributed by atoms with van der Waals surface area (Å²) in [5, 5.41) is 4.69. The van der Waals surface area contributed by atoms with E-state index in [0.29, 0.717) is 18.7 Å². The van der Waals surface area contributed by atoms with Crippen molar-refractivity contribution in [1.29, 1.82) is 0 Å². The predicted molar refractivity (Wildman–Crippen MR) is 106 cm³/mol. The second-order valence-corrected chi connectivity index (χ2v) is 7.50. The van der Waals surface area contributed by atoms with E-state index in [0.717, 1.165) is 49.9 Å². The number of likely N-dealkylation sites (tertiary alicyclic amines) is 1. The molecular formula is C21H22FN5O2. The van der Waals surface area contributed by atoms with Crippen molar-refractivity contribution < 1.29 is 13.9 Å². The molecule has 0 aliphatic carbocycles. The molecule has 0 unspecified atom stereocenters. The van der Waals surface area contributed by atoms with Crippen molar-refractivity contribution in [2.75, 3.05) is 44.3 Å². The van der Waals surface area contributed by atoms with Crippen LogP contribution >= 0.6 is 0 Å². The second kappa shape index (κ2) is 7.44. The molecule has 29 heavy (non-hydrogen) atoms. The molecule has 7 nitrogen and oxygen atoms in total. The van der Waals surface area contributed by atoms with E-state index in [4.69, 9.17) is 4.74 Å². The molecule has 3 aromatic rings. The molecule has 0 bridgehead atoms. The lowest BCUT2D eigenvalue weighted by atomic mass is 10.1. The first-order valence-corrected chi connectivity index (χ1v) is 9.91. The van der Waals surface area contributed by atoms with Crippen LogP contribution in [0, 0.1) is 5.82 Å². The van der Waals surface area contributed by atoms with Crippen LogP contribution in [0.2, 0.25) is 0 Å². The molecule has 2 aromatic heterocycles. The normalized spacial score (nSPS) is 19.8. The summed E-state index contributed by atoms with van der Waals surface area (Å²) in [6, 6.07) is 9.74. The lowest BCUT2D eigenvalue weighted by Gasteiger charge is -2.28. The molecule has 0 radical (unpaired) electrons. The summed E-state index contributed by atoms with van der Waals surface area (Å²) < 4.78 is 20.4. The Hall–Kier alpha value is -3.00. The van der Waals surface area contributed by atoms with Crippen molar-refractivity contribution in [2.45, 2.75) is 12.3 Å². The minimum absolute atomic E-state index is 0.0779. The Morgan fingerprint density at radius 3 is 2.66 bits per heavy atom. The average molecular weight is 395 g/mol. The molecule has 0 spiro atoms. The van der Waals surface area contributed by atoms with Crippen LogP contribution in [0.1, 0.15) is 28.5 Å². The van der Waals surface area contributed by atoms with Crippen LogP contribution in [0.3, 0.4) is 0 Å². The van der Waals surface area contributed by atoms with Crippen LogP contribution in [0.15, 0.2) is 42.6 Å². The Balaban J connectivity index is 1.32. The zero-order chi connectivity index (χ0) is 19.8. The molecule has 150 valence electrons. The number of rotatable bonds is 3. The zero-order valence-electron chi connectivity index (χ0n) is 16.0. The van der Waals surface area contributed by atoms with Gasteiger partial charge in [0.1, 0.15) is 5.82 Å². The van der Waals surface area contributed by atoms with Crippen LogP contribution in [0.4, 0.5) is 10.1 Å². The maximum atomic E-state index is 13.1. The third-order valence-corrected chi connectivity index (χ3v) is 5.64. The summed E-state index contributed by atoms with van der Waals surface area (Å²) >= 11 is 0. The molecule has 1 amide bonds. The number of benzene rings is 1. The maximum absolute atomic E-state index is 13.1. The lowest BCUT2D eigenvalue weighted by molar-refractivity contribution is 0.0790. The highest BCUT2D eigenvalue weighted by Crippen LogP contribution is 2.27. The average Bonchev–Trinajstić information content (AvgIpc) is 3.41. The highest BCUT2D eigenvalue weighted by Gasteiger charge is 2.30. The predicted octanol–water partition coefficient (Wildman–Crippen LogP) is 2.33. The first-order valence-electron chi connectivity index (χ1n) is 9.91. The molecule has 2 fully saturated rings. The van der Waals surface area contributed by atoms with Gasteiger partial charge in [-0.15, -0.1) is 0 Å². The third kappa shape index (κ3) is 3.55. The van der Waals surface area contributed by atoms with Crippen LogP contribution in [-0.2, 0) is 4.74 Å². The molecule has 1 aromatic carbocycles. The van der Waals surface area contributed by atoms with E-state index < -0.39 is 0 Å². The first-order chi connectivity index (χ1) is 14.2. The SMILES string of the molecule is O=C(c1ccc(F)cc1)N1CC[C@@H](c2nc3ccc(N4CCOCC4)cn3n2)C1. The van der Waals surface area contributed by atoms with Gasteiger partial charge in [-0.2, -0.15) is 5.10 Å². The third-order valence-electron chi connectivity index (χ3n) is 5.64. The Morgan fingerprint density at radius 1 is 1.07 bits per heavy atom. The number of morpholine rings is 1. The van der Waals surface area contributed by atoms with Crippen molar-refractivity contribution in [3.63, 3.8) is 0 Å². The number of halogens is 1. The first kappa shape index (κ1) is 18.1. The van der Waals surface area contributed by atoms with Crippen molar-refractivity contribution in [2.24, 2.45) is 0 Å². The number of hydrogen-bond donors (Lipinski definition) is 0. The Kier molecular flexibility index (Phi) is 4.63. The molecule has 4 heterocycles. The van der Waals surface area contributed by atoms with Gasteiger partial charge in [-0.1, -0.05) is 0 Å². The van der Waals surface area contributed by atoms with Crippen LogP contribution in [0.5, 0.6) is 0 Å². The Bertz CT molecular complexity index is 1030. The molecule has 2 saturated heterocycles. The van der Waals surface area contributed by atoms with E-state index in [1.807, 2.05) is 16.8 Å². The van der Waals surface area contributed by atoms with E-state index in [1.165, 1.54) is 24.3 Å². The van der Waals surface area contributed by atoms with Gasteiger partial charge in [-0.25, -0.2) is 13.9 Å². The number of nitrogens with zero attached hydrogens (tertiary/aromatic N) is 5. The fourth-order valence-electron chi connectivity index (χ4n) is 4.00. The maximum Gasteiger partial charge on any atom is 0.253 e. The quantitative estimate of drug-likeness (QED) is 0.681. The molecule has 5 rings (SSSR count). The molecule has 1 atom stereocenters. The van der Waals surface area contributed by atoms with E-state index in [9.17, 15) is 9.18 Å². The summed E-state index contributed by atoms with van der Waals surface area (Å²) in [6.07, 6.45) is 2.83. The minimum Gasteiger partial charge on any atom is -0.378 e. The van der Waals surface area contributed by atoms with Crippen LogP contribution < -0.4 is 4.90 Å². The fraction of sp³-hybridized carbons (Fsp3) is 0.381. The van der Waals surface area contributed by atoms with Gasteiger partial charge in [-0.05, 0) is 42.8 Å². The number of amides is 1. The van der Waals surface area contributed by atoms with Crippen LogP contribution in [0.25, 0.3) is 5.65 Å². The fourth-order valence-corrected chi connectivity index (χ4v) is 4.00. The number of fused-ring (bicyclic) bond motifs is 1. The highest BCUT2D eigenvalue weighted by atomic mass is 19.1. The molecule has 0 N–H and O–H groups in total. The van der Waals surface area contributed by atoms with Crippen molar-refractivity contribution in [3.8, 4) is 0 Å². The van der Waals surface area contributed by atoms with Gasteiger partial charge >= 0.3 is 0 Å². The smallest absolute Gasteiger partial charge is 0.253 e. The number of aromatic nitrogens is 3. The van der Waals surface area contributed by atoms with Crippen LogP contribution in [-0.4, -0.2) is 64.8 Å². The van der Waals surface area contributed by atoms with Gasteiger partial charge in [0.05, 0.1) is 25.1 Å². The molecule has 2 aliphatic rings. The summed E-state index contributed by atoms with van der Waals surface area (Å²) in [5.41, 5.74) is 2.42. The molecule has 8 heteroatoms. The second-order valence-electron chi connectivity index (χ2n) is 7.50. The van der Waals surface area contributed by atoms with Crippen molar-refractivity contribution >= 4 is 17.2 Å². The Morgan fingerprint density at radius 2 is 1.86 bits per heavy atom. The minimum atomic E-state index is -0.341. The standard InChI is InChI=1S/C21H22FN5O2/c22-17-3-1-15(2-4-17)21(28)26-8-7-16(13-26)20-23-19-6-5-18(14-27(19)24-20)25-9-11-29-12-10-25/h1-6,14,16H,7-13H2/t16-/m1/s1. The van der Waals surface area contributed by atoms with E-state index in [-0.39, 0.29) is 17.6 Å². The van der Waals surface area contributed by atoms with Gasteiger partial charge < -0.3 is 14.5 Å². The highest BCUT2D eigenvalue weighted by molar-refractivity contribution is 5.94. The van der Waals surface area contributed by atoms with Gasteiger partial charge in [0.25, 0.3) is 5.91 Å². The number of hydrogen-bond acceptors (Lipinski definition) is 5. The molecular weight excluding hydrogens is 373 g/mol. The zero-order valence-corrected chi connectivity index (χ0v) is 16.0. The van der Waals surface area contributed by atoms with Gasteiger partial charge in [0.15, 0.2) is 11.5 Å². The van der Waals surface area contributed by atoms with E-state index in [1.54, 1.807) is 4.90 Å². The lowest BCUT2D eigenvalue weighted by Crippen LogP contribution is -2.36. The largest absolute Gasteiger partial charge is 0.378 e.